The van der Waals surface area contributed by atoms with Crippen LogP contribution in [-0.4, -0.2) is 16.8 Å². The molecule has 0 heterocycles. The highest BCUT2D eigenvalue weighted by molar-refractivity contribution is 7.94. The molecule has 6 nitrogen and oxygen atoms in total. The molecule has 3 rings (SSSR count). The minimum atomic E-state index is -4.28. The van der Waals surface area contributed by atoms with Crippen LogP contribution in [0.15, 0.2) is 80.2 Å². The number of sulfone groups is 2. The number of aryl methyl sites for hydroxylation is 2. The lowest BCUT2D eigenvalue weighted by molar-refractivity contribution is 0.582. The van der Waals surface area contributed by atoms with Crippen molar-refractivity contribution in [1.82, 2.24) is 0 Å². The van der Waals surface area contributed by atoms with E-state index in [1.807, 2.05) is 0 Å². The lowest BCUT2D eigenvalue weighted by Crippen LogP contribution is -2.12. The van der Waals surface area contributed by atoms with E-state index in [0.717, 1.165) is 23.3 Å². The first-order valence-corrected chi connectivity index (χ1v) is 11.7. The molecule has 30 heavy (non-hydrogen) atoms. The van der Waals surface area contributed by atoms with Gasteiger partial charge in [0.1, 0.15) is 12.1 Å². The van der Waals surface area contributed by atoms with Crippen LogP contribution in [0, 0.1) is 36.5 Å². The topological polar surface area (TPSA) is 116 Å². The Labute approximate surface area is 175 Å². The van der Waals surface area contributed by atoms with E-state index in [2.05, 4.69) is 0 Å². The molecule has 0 saturated heterocycles. The summed E-state index contributed by atoms with van der Waals surface area (Å²) in [5, 5.41) is 18.7. The first kappa shape index (κ1) is 21.3. The van der Waals surface area contributed by atoms with Crippen molar-refractivity contribution >= 4 is 19.7 Å². The maximum absolute atomic E-state index is 13.3. The Hall–Kier alpha value is -3.46. The third kappa shape index (κ3) is 3.71. The average molecular weight is 437 g/mol. The molecule has 0 bridgehead atoms. The second kappa shape index (κ2) is 7.75. The summed E-state index contributed by atoms with van der Waals surface area (Å²) in [7, 11) is -8.57. The molecule has 0 radical (unpaired) electrons. The van der Waals surface area contributed by atoms with E-state index in [0.29, 0.717) is 0 Å². The molecule has 150 valence electrons. The molecular weight excluding hydrogens is 420 g/mol. The van der Waals surface area contributed by atoms with Gasteiger partial charge in [-0.25, -0.2) is 16.8 Å². The second-order valence-electron chi connectivity index (χ2n) is 6.70. The Morgan fingerprint density at radius 3 is 1.17 bits per heavy atom. The molecule has 8 heteroatoms. The quantitative estimate of drug-likeness (QED) is 0.615. The van der Waals surface area contributed by atoms with E-state index in [1.165, 1.54) is 24.3 Å². The smallest absolute Gasteiger partial charge is 0.207 e. The summed E-state index contributed by atoms with van der Waals surface area (Å²) < 4.78 is 53.2. The number of benzene rings is 3. The molecule has 0 spiro atoms. The van der Waals surface area contributed by atoms with Crippen LogP contribution in [0.25, 0.3) is 0 Å². The van der Waals surface area contributed by atoms with Gasteiger partial charge < -0.3 is 0 Å². The summed E-state index contributed by atoms with van der Waals surface area (Å²) >= 11 is 0. The van der Waals surface area contributed by atoms with Crippen molar-refractivity contribution in [2.45, 2.75) is 33.4 Å². The monoisotopic (exact) mass is 436 g/mol. The standard InChI is InChI=1S/C22H16N2O4S2/c1-15-3-7-19(8-4-15)29(25,26)21-11-17(13-23)18(14-24)12-22(21)30(27,28)20-9-5-16(2)6-10-20/h3-12H,1-2H3. The minimum absolute atomic E-state index is 0.109. The summed E-state index contributed by atoms with van der Waals surface area (Å²) in [6, 6.07) is 17.3. The van der Waals surface area contributed by atoms with Crippen LogP contribution in [0.1, 0.15) is 22.3 Å². The molecular formula is C22H16N2O4S2. The SMILES string of the molecule is Cc1ccc(S(=O)(=O)c2cc(C#N)c(C#N)cc2S(=O)(=O)c2ccc(C)cc2)cc1. The Morgan fingerprint density at radius 1 is 0.600 bits per heavy atom. The molecule has 3 aromatic carbocycles. The number of hydrogen-bond donors (Lipinski definition) is 0. The predicted octanol–water partition coefficient (Wildman–Crippen LogP) is 3.71. The summed E-state index contributed by atoms with van der Waals surface area (Å²) in [5.41, 5.74) is 1.23. The third-order valence-electron chi connectivity index (χ3n) is 4.57. The normalized spacial score (nSPS) is 11.5. The largest absolute Gasteiger partial charge is 0.218 e. The van der Waals surface area contributed by atoms with Crippen LogP contribution < -0.4 is 0 Å². The lowest BCUT2D eigenvalue weighted by Gasteiger charge is -2.13. The fourth-order valence-electron chi connectivity index (χ4n) is 2.85. The molecule has 0 aliphatic heterocycles. The molecule has 0 aliphatic rings. The maximum Gasteiger partial charge on any atom is 0.207 e. The Balaban J connectivity index is 2.38. The molecule has 0 atom stereocenters. The minimum Gasteiger partial charge on any atom is -0.218 e. The van der Waals surface area contributed by atoms with Crippen molar-refractivity contribution in [3.8, 4) is 12.1 Å². The number of rotatable bonds is 4. The van der Waals surface area contributed by atoms with Gasteiger partial charge in [0.2, 0.25) is 19.7 Å². The molecule has 0 aromatic heterocycles. The number of nitrogens with zero attached hydrogens (tertiary/aromatic N) is 2. The molecule has 0 N–H and O–H groups in total. The van der Waals surface area contributed by atoms with E-state index >= 15 is 0 Å². The zero-order valence-corrected chi connectivity index (χ0v) is 17.8. The molecule has 0 unspecified atom stereocenters. The number of hydrogen-bond acceptors (Lipinski definition) is 6. The van der Waals surface area contributed by atoms with Crippen molar-refractivity contribution in [2.24, 2.45) is 0 Å². The van der Waals surface area contributed by atoms with Gasteiger partial charge in [-0.15, -0.1) is 0 Å². The van der Waals surface area contributed by atoms with Gasteiger partial charge in [0, 0.05) is 0 Å². The van der Waals surface area contributed by atoms with Gasteiger partial charge >= 0.3 is 0 Å². The zero-order valence-electron chi connectivity index (χ0n) is 16.1. The molecule has 0 fully saturated rings. The van der Waals surface area contributed by atoms with Crippen LogP contribution in [-0.2, 0) is 19.7 Å². The van der Waals surface area contributed by atoms with Gasteiger partial charge in [0.15, 0.2) is 0 Å². The van der Waals surface area contributed by atoms with E-state index in [9.17, 15) is 27.4 Å². The molecule has 0 aliphatic carbocycles. The van der Waals surface area contributed by atoms with Crippen molar-refractivity contribution in [2.75, 3.05) is 0 Å². The Morgan fingerprint density at radius 2 is 0.900 bits per heavy atom. The van der Waals surface area contributed by atoms with Gasteiger partial charge in [-0.05, 0) is 50.2 Å². The van der Waals surface area contributed by atoms with Crippen LogP contribution >= 0.6 is 0 Å². The summed E-state index contributed by atoms with van der Waals surface area (Å²) in [6.07, 6.45) is 0. The fourth-order valence-corrected chi connectivity index (χ4v) is 6.20. The van der Waals surface area contributed by atoms with Crippen molar-refractivity contribution < 1.29 is 16.8 Å². The summed E-state index contributed by atoms with van der Waals surface area (Å²) in [4.78, 5) is -1.30. The molecule has 3 aromatic rings. The van der Waals surface area contributed by atoms with Crippen molar-refractivity contribution in [1.29, 1.82) is 10.5 Å². The van der Waals surface area contributed by atoms with Crippen molar-refractivity contribution in [3.05, 3.63) is 82.9 Å². The molecule has 0 saturated carbocycles. The molecule has 0 amide bonds. The highest BCUT2D eigenvalue weighted by atomic mass is 32.2. The lowest BCUT2D eigenvalue weighted by atomic mass is 10.1. The second-order valence-corrected chi connectivity index (χ2v) is 10.5. The van der Waals surface area contributed by atoms with Gasteiger partial charge in [0.05, 0.1) is 30.7 Å². The van der Waals surface area contributed by atoms with Gasteiger partial charge in [-0.2, -0.15) is 10.5 Å². The Kier molecular flexibility index (Phi) is 5.49. The van der Waals surface area contributed by atoms with Gasteiger partial charge in [-0.3, -0.25) is 0 Å². The van der Waals surface area contributed by atoms with Crippen LogP contribution in [0.5, 0.6) is 0 Å². The van der Waals surface area contributed by atoms with Gasteiger partial charge in [0.25, 0.3) is 0 Å². The fraction of sp³-hybridized carbons (Fsp3) is 0.0909. The van der Waals surface area contributed by atoms with Crippen LogP contribution in [0.4, 0.5) is 0 Å². The van der Waals surface area contributed by atoms with E-state index in [4.69, 9.17) is 0 Å². The van der Waals surface area contributed by atoms with Crippen LogP contribution in [0.3, 0.4) is 0 Å². The zero-order chi connectivity index (χ0) is 22.1. The highest BCUT2D eigenvalue weighted by Gasteiger charge is 2.31. The van der Waals surface area contributed by atoms with Gasteiger partial charge in [-0.1, -0.05) is 35.4 Å². The summed E-state index contributed by atoms with van der Waals surface area (Å²) in [6.45, 7) is 3.58. The van der Waals surface area contributed by atoms with Crippen molar-refractivity contribution in [3.63, 3.8) is 0 Å². The van der Waals surface area contributed by atoms with E-state index in [-0.39, 0.29) is 20.9 Å². The number of nitriles is 2. The summed E-state index contributed by atoms with van der Waals surface area (Å²) in [5.74, 6) is 0. The third-order valence-corrected chi connectivity index (χ3v) is 8.31. The average Bonchev–Trinajstić information content (AvgIpc) is 2.73. The maximum atomic E-state index is 13.3. The Bertz CT molecular complexity index is 1310. The van der Waals surface area contributed by atoms with E-state index in [1.54, 1.807) is 50.3 Å². The van der Waals surface area contributed by atoms with Crippen LogP contribution in [0.2, 0.25) is 0 Å². The van der Waals surface area contributed by atoms with E-state index < -0.39 is 29.5 Å². The first-order valence-electron chi connectivity index (χ1n) is 8.73. The highest BCUT2D eigenvalue weighted by Crippen LogP contribution is 2.33. The predicted molar refractivity (Wildman–Crippen MR) is 109 cm³/mol. The first-order chi connectivity index (χ1) is 14.1.